The van der Waals surface area contributed by atoms with Crippen LogP contribution in [0, 0.1) is 5.82 Å². The van der Waals surface area contributed by atoms with Crippen LogP contribution in [0.25, 0.3) is 0 Å². The van der Waals surface area contributed by atoms with E-state index in [2.05, 4.69) is 5.32 Å². The molecular weight excluding hydrogens is 251 g/mol. The van der Waals surface area contributed by atoms with Crippen LogP contribution in [0.3, 0.4) is 0 Å². The predicted octanol–water partition coefficient (Wildman–Crippen LogP) is 1.15. The minimum Gasteiger partial charge on any atom is -0.277 e. The maximum Gasteiger partial charge on any atom is 0.331 e. The summed E-state index contributed by atoms with van der Waals surface area (Å²) in [7, 11) is 0. The fourth-order valence-electron chi connectivity index (χ4n) is 2.22. The summed E-state index contributed by atoms with van der Waals surface area (Å²) in [5.74, 6) is -2.69. The molecule has 19 heavy (non-hydrogen) atoms. The Kier molecular flexibility index (Phi) is 2.58. The third-order valence-electron chi connectivity index (χ3n) is 3.31. The smallest absolute Gasteiger partial charge is 0.277 e. The van der Waals surface area contributed by atoms with Crippen molar-refractivity contribution in [3.8, 4) is 0 Å². The monoisotopic (exact) mass is 262 g/mol. The number of rotatable bonds is 2. The number of hydrogen-bond acceptors (Lipinski definition) is 3. The molecule has 1 unspecified atom stereocenters. The van der Waals surface area contributed by atoms with E-state index in [0.29, 0.717) is 5.56 Å². The van der Waals surface area contributed by atoms with Gasteiger partial charge in [0.25, 0.3) is 0 Å². The topological polar surface area (TPSA) is 66.5 Å². The quantitative estimate of drug-likeness (QED) is 0.813. The van der Waals surface area contributed by atoms with Crippen LogP contribution in [0.1, 0.15) is 24.3 Å². The Bertz CT molecular complexity index is 566. The van der Waals surface area contributed by atoms with Gasteiger partial charge < -0.3 is 0 Å². The van der Waals surface area contributed by atoms with E-state index in [4.69, 9.17) is 0 Å². The van der Waals surface area contributed by atoms with E-state index in [1.54, 1.807) is 0 Å². The lowest BCUT2D eigenvalue weighted by Crippen LogP contribution is -2.57. The maximum absolute atomic E-state index is 12.9. The van der Waals surface area contributed by atoms with Crippen LogP contribution in [0.4, 0.5) is 9.18 Å². The lowest BCUT2D eigenvalue weighted by Gasteiger charge is -2.30. The maximum atomic E-state index is 12.9. The zero-order chi connectivity index (χ0) is 13.6. The average molecular weight is 262 g/mol. The largest absolute Gasteiger partial charge is 0.331 e. The van der Waals surface area contributed by atoms with Crippen molar-refractivity contribution in [3.05, 3.63) is 35.6 Å². The first-order valence-corrected chi connectivity index (χ1v) is 6.01. The highest BCUT2D eigenvalue weighted by atomic mass is 19.1. The third kappa shape index (κ3) is 1.99. The second kappa shape index (κ2) is 4.15. The molecule has 1 heterocycles. The lowest BCUT2D eigenvalue weighted by molar-refractivity contribution is -0.139. The number of hydrogen-bond donors (Lipinski definition) is 1. The minimum absolute atomic E-state index is 0.108. The molecule has 2 fully saturated rings. The number of halogens is 1. The summed E-state index contributed by atoms with van der Waals surface area (Å²) < 4.78 is 12.9. The highest BCUT2D eigenvalue weighted by molar-refractivity contribution is 6.19. The Labute approximate surface area is 108 Å². The molecule has 1 N–H and O–H groups in total. The first-order chi connectivity index (χ1) is 9.08. The molecule has 1 aromatic carbocycles. The molecule has 3 rings (SSSR count). The summed E-state index contributed by atoms with van der Waals surface area (Å²) in [5.41, 5.74) is 0.391. The molecule has 0 radical (unpaired) electrons. The van der Waals surface area contributed by atoms with Crippen LogP contribution in [-0.4, -0.2) is 28.8 Å². The van der Waals surface area contributed by atoms with Gasteiger partial charge in [-0.3, -0.25) is 19.8 Å². The number of imide groups is 2. The second-order valence-electron chi connectivity index (χ2n) is 4.72. The molecule has 1 atom stereocenters. The van der Waals surface area contributed by atoms with Gasteiger partial charge in [-0.2, -0.15) is 0 Å². The van der Waals surface area contributed by atoms with Crippen molar-refractivity contribution < 1.29 is 18.8 Å². The van der Waals surface area contributed by atoms with Crippen molar-refractivity contribution in [2.24, 2.45) is 0 Å². The van der Waals surface area contributed by atoms with Crippen molar-refractivity contribution in [2.45, 2.75) is 24.8 Å². The van der Waals surface area contributed by atoms with E-state index in [9.17, 15) is 18.8 Å². The van der Waals surface area contributed by atoms with Gasteiger partial charge in [0.1, 0.15) is 11.7 Å². The molecule has 0 spiro atoms. The van der Waals surface area contributed by atoms with Crippen molar-refractivity contribution in [2.75, 3.05) is 0 Å². The Hall–Kier alpha value is -2.24. The number of urea groups is 1. The molecule has 1 saturated heterocycles. The summed E-state index contributed by atoms with van der Waals surface area (Å²) in [4.78, 5) is 36.8. The molecule has 98 valence electrons. The standard InChI is InChI=1S/C13H11FN2O3/c14-8-3-1-7(2-4-8)10-11(17)15-13(19)16(12(10)18)9-5-6-9/h1-4,9-10H,5-6H2,(H,15,17,19). The molecule has 4 amide bonds. The molecule has 0 bridgehead atoms. The summed E-state index contributed by atoms with van der Waals surface area (Å²) in [6.45, 7) is 0. The molecule has 2 aliphatic rings. The van der Waals surface area contributed by atoms with Crippen molar-refractivity contribution in [3.63, 3.8) is 0 Å². The lowest BCUT2D eigenvalue weighted by atomic mass is 9.95. The van der Waals surface area contributed by atoms with Gasteiger partial charge in [-0.25, -0.2) is 9.18 Å². The number of carbonyl (C=O) groups excluding carboxylic acids is 3. The van der Waals surface area contributed by atoms with E-state index in [1.807, 2.05) is 0 Å². The van der Waals surface area contributed by atoms with Gasteiger partial charge in [-0.1, -0.05) is 12.1 Å². The van der Waals surface area contributed by atoms with Gasteiger partial charge in [-0.15, -0.1) is 0 Å². The zero-order valence-electron chi connectivity index (χ0n) is 9.93. The zero-order valence-corrected chi connectivity index (χ0v) is 9.93. The number of amides is 4. The van der Waals surface area contributed by atoms with Crippen LogP contribution in [0.15, 0.2) is 24.3 Å². The minimum atomic E-state index is -1.07. The first-order valence-electron chi connectivity index (χ1n) is 6.01. The number of carbonyl (C=O) groups is 3. The molecule has 6 heteroatoms. The Morgan fingerprint density at radius 2 is 1.74 bits per heavy atom. The molecule has 1 aromatic rings. The van der Waals surface area contributed by atoms with Gasteiger partial charge in [-0.05, 0) is 30.5 Å². The van der Waals surface area contributed by atoms with Crippen molar-refractivity contribution >= 4 is 17.8 Å². The van der Waals surface area contributed by atoms with Crippen LogP contribution < -0.4 is 5.32 Å². The average Bonchev–Trinajstić information content (AvgIpc) is 3.15. The second-order valence-corrected chi connectivity index (χ2v) is 4.72. The molecular formula is C13H11FN2O3. The van der Waals surface area contributed by atoms with Gasteiger partial charge in [0.2, 0.25) is 11.8 Å². The predicted molar refractivity (Wildman–Crippen MR) is 62.5 cm³/mol. The van der Waals surface area contributed by atoms with Crippen LogP contribution in [-0.2, 0) is 9.59 Å². The van der Waals surface area contributed by atoms with Crippen LogP contribution >= 0.6 is 0 Å². The number of nitrogens with zero attached hydrogens (tertiary/aromatic N) is 1. The fourth-order valence-corrected chi connectivity index (χ4v) is 2.22. The normalized spacial score (nSPS) is 23.5. The SMILES string of the molecule is O=C1NC(=O)N(C2CC2)C(=O)C1c1ccc(F)cc1. The van der Waals surface area contributed by atoms with E-state index in [0.717, 1.165) is 17.7 Å². The van der Waals surface area contributed by atoms with E-state index in [1.165, 1.54) is 24.3 Å². The van der Waals surface area contributed by atoms with Crippen LogP contribution in [0.2, 0.25) is 0 Å². The number of benzene rings is 1. The van der Waals surface area contributed by atoms with Crippen molar-refractivity contribution in [1.29, 1.82) is 0 Å². The van der Waals surface area contributed by atoms with E-state index < -0.39 is 29.6 Å². The summed E-state index contributed by atoms with van der Waals surface area (Å²) >= 11 is 0. The highest BCUT2D eigenvalue weighted by Crippen LogP contribution is 2.32. The Morgan fingerprint density at radius 1 is 1.11 bits per heavy atom. The summed E-state index contributed by atoms with van der Waals surface area (Å²) in [6.07, 6.45) is 1.53. The van der Waals surface area contributed by atoms with Crippen molar-refractivity contribution in [1.82, 2.24) is 10.2 Å². The Morgan fingerprint density at radius 3 is 2.32 bits per heavy atom. The van der Waals surface area contributed by atoms with Gasteiger partial charge in [0, 0.05) is 6.04 Å². The van der Waals surface area contributed by atoms with Gasteiger partial charge in [0.15, 0.2) is 0 Å². The van der Waals surface area contributed by atoms with Gasteiger partial charge in [0.05, 0.1) is 0 Å². The van der Waals surface area contributed by atoms with Crippen LogP contribution in [0.5, 0.6) is 0 Å². The summed E-state index contributed by atoms with van der Waals surface area (Å²) in [6, 6.07) is 4.39. The molecule has 1 saturated carbocycles. The molecule has 1 aliphatic carbocycles. The first kappa shape index (κ1) is 11.8. The third-order valence-corrected chi connectivity index (χ3v) is 3.31. The molecule has 5 nitrogen and oxygen atoms in total. The van der Waals surface area contributed by atoms with E-state index >= 15 is 0 Å². The summed E-state index contributed by atoms with van der Waals surface area (Å²) in [5, 5.41) is 2.18. The molecule has 0 aromatic heterocycles. The number of barbiturate groups is 1. The Balaban J connectivity index is 1.94. The van der Waals surface area contributed by atoms with E-state index in [-0.39, 0.29) is 6.04 Å². The number of nitrogens with one attached hydrogen (secondary N) is 1. The molecule has 1 aliphatic heterocycles. The fraction of sp³-hybridized carbons (Fsp3) is 0.308. The van der Waals surface area contributed by atoms with Gasteiger partial charge >= 0.3 is 6.03 Å². The highest BCUT2D eigenvalue weighted by Gasteiger charge is 2.47.